The Labute approximate surface area is 141 Å². The molecule has 1 amide bonds. The van der Waals surface area contributed by atoms with Crippen LogP contribution in [-0.4, -0.2) is 59.7 Å². The molecule has 0 saturated carbocycles. The summed E-state index contributed by atoms with van der Waals surface area (Å²) >= 11 is 0. The summed E-state index contributed by atoms with van der Waals surface area (Å²) in [5, 5.41) is 22.4. The number of aliphatic hydroxyl groups is 1. The Morgan fingerprint density at radius 3 is 2.88 bits per heavy atom. The van der Waals surface area contributed by atoms with Crippen molar-refractivity contribution in [1.82, 2.24) is 10.2 Å². The van der Waals surface area contributed by atoms with Crippen molar-refractivity contribution in [3.8, 4) is 5.75 Å². The molecule has 3 rings (SSSR count). The molecular formula is C16H24BN3O4. The van der Waals surface area contributed by atoms with Gasteiger partial charge in [0.05, 0.1) is 19.1 Å². The molecule has 7 nitrogen and oxygen atoms in total. The second kappa shape index (κ2) is 7.52. The molecule has 0 aromatic heterocycles. The lowest BCUT2D eigenvalue weighted by molar-refractivity contribution is -0.122. The van der Waals surface area contributed by atoms with Gasteiger partial charge in [0, 0.05) is 24.7 Å². The summed E-state index contributed by atoms with van der Waals surface area (Å²) in [5.41, 5.74) is 7.39. The first kappa shape index (κ1) is 17.2. The molecule has 0 spiro atoms. The fourth-order valence-corrected chi connectivity index (χ4v) is 3.30. The van der Waals surface area contributed by atoms with Gasteiger partial charge in [0.2, 0.25) is 5.91 Å². The van der Waals surface area contributed by atoms with E-state index in [0.29, 0.717) is 24.3 Å². The fourth-order valence-electron chi connectivity index (χ4n) is 3.30. The van der Waals surface area contributed by atoms with Crippen molar-refractivity contribution in [2.24, 2.45) is 5.73 Å². The first-order valence-electron chi connectivity index (χ1n) is 8.40. The van der Waals surface area contributed by atoms with Crippen molar-refractivity contribution in [1.29, 1.82) is 0 Å². The number of nitrogens with two attached hydrogens (primary N) is 1. The molecule has 1 unspecified atom stereocenters. The van der Waals surface area contributed by atoms with Gasteiger partial charge in [-0.2, -0.15) is 0 Å². The van der Waals surface area contributed by atoms with Gasteiger partial charge in [0.25, 0.3) is 0 Å². The maximum Gasteiger partial charge on any atom is 0.547 e. The molecule has 1 aromatic carbocycles. The zero-order valence-electron chi connectivity index (χ0n) is 13.6. The van der Waals surface area contributed by atoms with Crippen LogP contribution >= 0.6 is 0 Å². The molecular weight excluding hydrogens is 309 g/mol. The summed E-state index contributed by atoms with van der Waals surface area (Å²) in [7, 11) is -1.12. The number of amides is 1. The number of para-hydroxylation sites is 1. The lowest BCUT2D eigenvalue weighted by atomic mass is 9.72. The van der Waals surface area contributed by atoms with Gasteiger partial charge < -0.3 is 25.8 Å². The van der Waals surface area contributed by atoms with Gasteiger partial charge in [-0.05, 0) is 24.8 Å². The number of hydrogen-bond donors (Lipinski definition) is 4. The van der Waals surface area contributed by atoms with Crippen molar-refractivity contribution in [2.45, 2.75) is 37.9 Å². The van der Waals surface area contributed by atoms with Crippen LogP contribution in [0.4, 0.5) is 0 Å². The van der Waals surface area contributed by atoms with Gasteiger partial charge in [-0.15, -0.1) is 0 Å². The number of piperidine rings is 1. The molecule has 0 aliphatic carbocycles. The zero-order chi connectivity index (χ0) is 17.1. The Hall–Kier alpha value is -1.61. The van der Waals surface area contributed by atoms with E-state index in [-0.39, 0.29) is 18.6 Å². The van der Waals surface area contributed by atoms with Gasteiger partial charge in [0.15, 0.2) is 0 Å². The molecule has 1 fully saturated rings. The van der Waals surface area contributed by atoms with Crippen LogP contribution in [0.2, 0.25) is 0 Å². The number of nitrogens with zero attached hydrogens (tertiary/aromatic N) is 1. The highest BCUT2D eigenvalue weighted by Crippen LogP contribution is 2.30. The van der Waals surface area contributed by atoms with E-state index in [1.807, 2.05) is 12.1 Å². The lowest BCUT2D eigenvalue weighted by Gasteiger charge is -2.32. The maximum absolute atomic E-state index is 12.3. The number of likely N-dealkylation sites (tertiary alicyclic amines) is 1. The van der Waals surface area contributed by atoms with Crippen LogP contribution in [0.15, 0.2) is 18.2 Å². The summed E-state index contributed by atoms with van der Waals surface area (Å²) in [6.07, 6.45) is 2.28. The molecule has 2 aliphatic rings. The van der Waals surface area contributed by atoms with Crippen LogP contribution in [0.5, 0.6) is 5.75 Å². The van der Waals surface area contributed by atoms with E-state index in [1.54, 1.807) is 6.07 Å². The molecule has 1 saturated heterocycles. The second-order valence-corrected chi connectivity index (χ2v) is 6.56. The van der Waals surface area contributed by atoms with Gasteiger partial charge in [-0.1, -0.05) is 18.2 Å². The third-order valence-electron chi connectivity index (χ3n) is 4.72. The van der Waals surface area contributed by atoms with Gasteiger partial charge in [-0.3, -0.25) is 9.69 Å². The van der Waals surface area contributed by atoms with Crippen LogP contribution in [0, 0.1) is 0 Å². The number of carbonyl (C=O) groups excluding carboxylic acids is 1. The monoisotopic (exact) mass is 333 g/mol. The maximum atomic E-state index is 12.3. The summed E-state index contributed by atoms with van der Waals surface area (Å²) in [6, 6.07) is 5.70. The average Bonchev–Trinajstić information content (AvgIpc) is 2.57. The summed E-state index contributed by atoms with van der Waals surface area (Å²) in [6.45, 7) is 1.80. The molecule has 0 radical (unpaired) electrons. The number of fused-ring (bicyclic) bond motifs is 1. The predicted molar refractivity (Wildman–Crippen MR) is 90.2 cm³/mol. The van der Waals surface area contributed by atoms with E-state index in [0.717, 1.165) is 31.5 Å². The minimum atomic E-state index is -1.12. The first-order chi connectivity index (χ1) is 11.6. The van der Waals surface area contributed by atoms with Gasteiger partial charge in [-0.25, -0.2) is 0 Å². The molecule has 8 heteroatoms. The van der Waals surface area contributed by atoms with E-state index in [4.69, 9.17) is 10.4 Å². The zero-order valence-corrected chi connectivity index (χ0v) is 13.6. The average molecular weight is 333 g/mol. The highest BCUT2D eigenvalue weighted by atomic mass is 16.5. The van der Waals surface area contributed by atoms with Crippen molar-refractivity contribution in [3.63, 3.8) is 0 Å². The standard InChI is InChI=1S/C16H24BN3O4/c18-13-4-6-20(7-5-13)9-15(22)19-14-8-11-2-1-3-12(10-21)16(11)24-17(14)23/h1-3,13-14,21,23H,4-10,18H2,(H,19,22). The largest absolute Gasteiger partial charge is 0.547 e. The van der Waals surface area contributed by atoms with Crippen molar-refractivity contribution in [3.05, 3.63) is 29.3 Å². The molecule has 1 aromatic rings. The number of hydrogen-bond acceptors (Lipinski definition) is 6. The second-order valence-electron chi connectivity index (χ2n) is 6.56. The molecule has 0 bridgehead atoms. The Morgan fingerprint density at radius 1 is 1.42 bits per heavy atom. The molecule has 24 heavy (non-hydrogen) atoms. The molecule has 5 N–H and O–H groups in total. The molecule has 2 heterocycles. The highest BCUT2D eigenvalue weighted by Gasteiger charge is 2.37. The smallest absolute Gasteiger partial charge is 0.534 e. The molecule has 1 atom stereocenters. The number of carbonyl (C=O) groups is 1. The number of rotatable bonds is 4. The highest BCUT2D eigenvalue weighted by molar-refractivity contribution is 6.46. The minimum Gasteiger partial charge on any atom is -0.534 e. The van der Waals surface area contributed by atoms with E-state index in [9.17, 15) is 14.9 Å². The topological polar surface area (TPSA) is 108 Å². The van der Waals surface area contributed by atoms with Crippen molar-refractivity contribution < 1.29 is 19.6 Å². The quantitative estimate of drug-likeness (QED) is 0.529. The summed E-state index contributed by atoms with van der Waals surface area (Å²) in [4.78, 5) is 14.3. The lowest BCUT2D eigenvalue weighted by Crippen LogP contribution is -2.55. The van der Waals surface area contributed by atoms with Crippen LogP contribution in [0.3, 0.4) is 0 Å². The Balaban J connectivity index is 1.58. The van der Waals surface area contributed by atoms with E-state index < -0.39 is 13.1 Å². The minimum absolute atomic E-state index is 0.125. The van der Waals surface area contributed by atoms with E-state index in [2.05, 4.69) is 10.2 Å². The van der Waals surface area contributed by atoms with E-state index in [1.165, 1.54) is 0 Å². The Bertz CT molecular complexity index is 593. The Kier molecular flexibility index (Phi) is 5.40. The summed E-state index contributed by atoms with van der Waals surface area (Å²) in [5.74, 6) is -0.103. The molecule has 130 valence electrons. The first-order valence-corrected chi connectivity index (χ1v) is 8.40. The SMILES string of the molecule is NC1CCN(CC(=O)NC2Cc3cccc(CO)c3OB2O)CC1. The predicted octanol–water partition coefficient (Wildman–Crippen LogP) is -0.959. The third-order valence-corrected chi connectivity index (χ3v) is 4.72. The van der Waals surface area contributed by atoms with Crippen molar-refractivity contribution >= 4 is 13.0 Å². The van der Waals surface area contributed by atoms with Crippen molar-refractivity contribution in [2.75, 3.05) is 19.6 Å². The third kappa shape index (κ3) is 3.89. The molecule has 2 aliphatic heterocycles. The van der Waals surface area contributed by atoms with Crippen LogP contribution in [0.1, 0.15) is 24.0 Å². The van der Waals surface area contributed by atoms with Gasteiger partial charge in [0.1, 0.15) is 5.75 Å². The van der Waals surface area contributed by atoms with E-state index >= 15 is 0 Å². The van der Waals surface area contributed by atoms with Crippen LogP contribution in [0.25, 0.3) is 0 Å². The number of aliphatic hydroxyl groups excluding tert-OH is 1. The van der Waals surface area contributed by atoms with Crippen LogP contribution in [-0.2, 0) is 17.8 Å². The van der Waals surface area contributed by atoms with Gasteiger partial charge >= 0.3 is 7.12 Å². The summed E-state index contributed by atoms with van der Waals surface area (Å²) < 4.78 is 5.52. The Morgan fingerprint density at radius 2 is 2.17 bits per heavy atom. The normalized spacial score (nSPS) is 22.0. The van der Waals surface area contributed by atoms with Crippen LogP contribution < -0.4 is 15.7 Å². The number of nitrogens with one attached hydrogen (secondary N) is 1. The number of benzene rings is 1. The fraction of sp³-hybridized carbons (Fsp3) is 0.562.